The average molecular weight is 808 g/mol. The SMILES string of the molecule is CC(=O)O[C@@]12CO[C@@H]1C[C@H](O)[C@@]1(C)C(=O)[C@H](O)C3=C(C)C(OC(=O)[C@H](O)[C@H](NC(=O)OC(C)(C)C)c4ccccc4)C[C@@](O)([C@@H](OC(=O)c4ccccc4)[C@H]21)C3(C)C. The number of ketones is 1. The molecule has 3 aliphatic carbocycles. The van der Waals surface area contributed by atoms with Crippen LogP contribution in [0.5, 0.6) is 0 Å². The summed E-state index contributed by atoms with van der Waals surface area (Å²) in [5.41, 5.74) is -8.14. The molecule has 1 aliphatic heterocycles. The van der Waals surface area contributed by atoms with Crippen LogP contribution in [0.3, 0.4) is 0 Å². The Labute approximate surface area is 336 Å². The van der Waals surface area contributed by atoms with Gasteiger partial charge >= 0.3 is 24.0 Å². The van der Waals surface area contributed by atoms with Gasteiger partial charge in [0.1, 0.15) is 35.6 Å². The summed E-state index contributed by atoms with van der Waals surface area (Å²) in [6.45, 7) is 11.8. The second-order valence-corrected chi connectivity index (χ2v) is 17.6. The lowest BCUT2D eigenvalue weighted by atomic mass is 9.44. The molecule has 0 spiro atoms. The lowest BCUT2D eigenvalue weighted by molar-refractivity contribution is -0.346. The Bertz CT molecular complexity index is 1980. The van der Waals surface area contributed by atoms with Crippen LogP contribution in [0.15, 0.2) is 71.8 Å². The van der Waals surface area contributed by atoms with Crippen molar-refractivity contribution in [2.45, 2.75) is 128 Å². The second-order valence-electron chi connectivity index (χ2n) is 17.6. The largest absolute Gasteiger partial charge is 0.456 e. The molecule has 5 N–H and O–H groups in total. The van der Waals surface area contributed by atoms with Gasteiger partial charge in [-0.3, -0.25) is 9.59 Å². The molecular formula is C43H53NO14. The van der Waals surface area contributed by atoms with Crippen LogP contribution < -0.4 is 5.32 Å². The minimum atomic E-state index is -2.35. The molecular weight excluding hydrogens is 754 g/mol. The minimum Gasteiger partial charge on any atom is -0.456 e. The number of benzene rings is 2. The zero-order valence-electron chi connectivity index (χ0n) is 33.9. The second kappa shape index (κ2) is 15.2. The number of ether oxygens (including phenoxy) is 5. The van der Waals surface area contributed by atoms with E-state index in [0.717, 1.165) is 6.92 Å². The van der Waals surface area contributed by atoms with Gasteiger partial charge in [0.15, 0.2) is 17.5 Å². The summed E-state index contributed by atoms with van der Waals surface area (Å²) in [5.74, 6) is -5.36. The van der Waals surface area contributed by atoms with Crippen molar-refractivity contribution in [1.82, 2.24) is 5.32 Å². The third-order valence-electron chi connectivity index (χ3n) is 12.6. The van der Waals surface area contributed by atoms with Crippen molar-refractivity contribution >= 4 is 29.8 Å². The summed E-state index contributed by atoms with van der Waals surface area (Å²) >= 11 is 0. The monoisotopic (exact) mass is 807 g/mol. The van der Waals surface area contributed by atoms with E-state index in [-0.39, 0.29) is 29.7 Å². The molecule has 2 aromatic rings. The highest BCUT2D eigenvalue weighted by Crippen LogP contribution is 2.64. The molecule has 2 bridgehead atoms. The first-order valence-corrected chi connectivity index (χ1v) is 19.3. The zero-order valence-corrected chi connectivity index (χ0v) is 33.9. The molecule has 4 aliphatic rings. The van der Waals surface area contributed by atoms with Crippen LogP contribution in [0.1, 0.15) is 90.2 Å². The Kier molecular flexibility index (Phi) is 11.2. The number of hydrogen-bond donors (Lipinski definition) is 5. The summed E-state index contributed by atoms with van der Waals surface area (Å²) in [6, 6.07) is 14.6. The maximum atomic E-state index is 14.9. The maximum Gasteiger partial charge on any atom is 0.408 e. The molecule has 15 heteroatoms. The van der Waals surface area contributed by atoms with Crippen LogP contribution >= 0.6 is 0 Å². The van der Waals surface area contributed by atoms with Crippen LogP contribution in [-0.4, -0.2) is 110 Å². The fourth-order valence-electron chi connectivity index (χ4n) is 9.56. The topological polar surface area (TPSA) is 224 Å². The van der Waals surface area contributed by atoms with Gasteiger partial charge in [0.2, 0.25) is 0 Å². The first-order valence-electron chi connectivity index (χ1n) is 19.3. The molecule has 6 rings (SSSR count). The number of carbonyl (C=O) groups excluding carboxylic acids is 5. The Morgan fingerprint density at radius 2 is 1.55 bits per heavy atom. The van der Waals surface area contributed by atoms with Crippen LogP contribution in [-0.2, 0) is 38.1 Å². The van der Waals surface area contributed by atoms with Crippen molar-refractivity contribution in [2.24, 2.45) is 16.7 Å². The molecule has 2 saturated carbocycles. The van der Waals surface area contributed by atoms with Gasteiger partial charge in [0.05, 0.1) is 35.6 Å². The van der Waals surface area contributed by atoms with E-state index in [1.54, 1.807) is 83.1 Å². The van der Waals surface area contributed by atoms with Crippen molar-refractivity contribution in [3.05, 3.63) is 82.9 Å². The third kappa shape index (κ3) is 7.10. The van der Waals surface area contributed by atoms with E-state index >= 15 is 0 Å². The first-order chi connectivity index (χ1) is 27.0. The predicted octanol–water partition coefficient (Wildman–Crippen LogP) is 3.26. The summed E-state index contributed by atoms with van der Waals surface area (Å²) in [6.07, 6.45) is -11.5. The molecule has 11 atom stereocenters. The third-order valence-corrected chi connectivity index (χ3v) is 12.6. The highest BCUT2D eigenvalue weighted by molar-refractivity contribution is 5.94. The van der Waals surface area contributed by atoms with E-state index in [0.29, 0.717) is 5.56 Å². The molecule has 3 fully saturated rings. The zero-order chi connectivity index (χ0) is 42.7. The van der Waals surface area contributed by atoms with Crippen LogP contribution in [0, 0.1) is 16.7 Å². The van der Waals surface area contributed by atoms with Crippen molar-refractivity contribution < 1.29 is 68.1 Å². The van der Waals surface area contributed by atoms with Gasteiger partial charge in [-0.2, -0.15) is 0 Å². The number of carbonyl (C=O) groups is 5. The summed E-state index contributed by atoms with van der Waals surface area (Å²) < 4.78 is 29.5. The smallest absolute Gasteiger partial charge is 0.408 e. The predicted molar refractivity (Wildman–Crippen MR) is 204 cm³/mol. The summed E-state index contributed by atoms with van der Waals surface area (Å²) in [5, 5.41) is 51.6. The molecule has 58 heavy (non-hydrogen) atoms. The van der Waals surface area contributed by atoms with Gasteiger partial charge < -0.3 is 49.4 Å². The molecule has 1 unspecified atom stereocenters. The number of amides is 1. The van der Waals surface area contributed by atoms with Crippen molar-refractivity contribution in [1.29, 1.82) is 0 Å². The summed E-state index contributed by atoms with van der Waals surface area (Å²) in [7, 11) is 0. The van der Waals surface area contributed by atoms with Gasteiger partial charge in [-0.15, -0.1) is 0 Å². The average Bonchev–Trinajstić information content (AvgIpc) is 3.14. The molecule has 15 nitrogen and oxygen atoms in total. The fraction of sp³-hybridized carbons (Fsp3) is 0.558. The molecule has 1 heterocycles. The Hall–Kier alpha value is -4.67. The first kappa shape index (κ1) is 42.9. The van der Waals surface area contributed by atoms with Crippen LogP contribution in [0.25, 0.3) is 0 Å². The van der Waals surface area contributed by atoms with E-state index < -0.39 is 112 Å². The van der Waals surface area contributed by atoms with Crippen LogP contribution in [0.4, 0.5) is 4.79 Å². The highest BCUT2D eigenvalue weighted by atomic mass is 16.6. The lowest BCUT2D eigenvalue weighted by Crippen LogP contribution is -2.81. The number of esters is 3. The van der Waals surface area contributed by atoms with Gasteiger partial charge in [-0.25, -0.2) is 14.4 Å². The molecule has 2 aromatic carbocycles. The number of hydrogen-bond acceptors (Lipinski definition) is 14. The molecule has 314 valence electrons. The molecule has 1 saturated heterocycles. The van der Waals surface area contributed by atoms with Gasteiger partial charge in [0.25, 0.3) is 0 Å². The number of aliphatic hydroxyl groups is 4. The Morgan fingerprint density at radius 1 is 0.948 bits per heavy atom. The fourth-order valence-corrected chi connectivity index (χ4v) is 9.56. The van der Waals surface area contributed by atoms with Crippen molar-refractivity contribution in [3.63, 3.8) is 0 Å². The maximum absolute atomic E-state index is 14.9. The van der Waals surface area contributed by atoms with Gasteiger partial charge in [-0.1, -0.05) is 62.4 Å². The van der Waals surface area contributed by atoms with Crippen molar-refractivity contribution in [3.8, 4) is 0 Å². The van der Waals surface area contributed by atoms with E-state index in [9.17, 15) is 44.4 Å². The highest BCUT2D eigenvalue weighted by Gasteiger charge is 2.78. The van der Waals surface area contributed by atoms with E-state index in [2.05, 4.69) is 5.32 Å². The van der Waals surface area contributed by atoms with Crippen molar-refractivity contribution in [2.75, 3.05) is 6.61 Å². The van der Waals surface area contributed by atoms with E-state index in [1.165, 1.54) is 26.0 Å². The van der Waals surface area contributed by atoms with E-state index in [1.807, 2.05) is 0 Å². The Balaban J connectivity index is 1.49. The number of Topliss-reactive ketones (excluding diaryl/α,β-unsaturated/α-hetero) is 1. The van der Waals surface area contributed by atoms with Crippen LogP contribution in [0.2, 0.25) is 0 Å². The molecule has 0 radical (unpaired) electrons. The van der Waals surface area contributed by atoms with E-state index in [4.69, 9.17) is 23.7 Å². The lowest BCUT2D eigenvalue weighted by Gasteiger charge is -2.67. The molecule has 0 aromatic heterocycles. The number of rotatable bonds is 8. The summed E-state index contributed by atoms with van der Waals surface area (Å²) in [4.78, 5) is 68.9. The number of aliphatic hydroxyl groups excluding tert-OH is 3. The van der Waals surface area contributed by atoms with Gasteiger partial charge in [-0.05, 0) is 63.5 Å². The number of nitrogens with one attached hydrogen (secondary N) is 1. The quantitative estimate of drug-likeness (QED) is 0.147. The van der Waals surface area contributed by atoms with Gasteiger partial charge in [0, 0.05) is 25.2 Å². The molecule has 1 amide bonds. The minimum absolute atomic E-state index is 0.0637. The number of fused-ring (bicyclic) bond motifs is 5. The number of alkyl carbamates (subject to hydrolysis) is 1. The Morgan fingerprint density at radius 3 is 2.10 bits per heavy atom. The standard InChI is InChI=1S/C43H53NO14/c1-22-26(55-37(51)32(48)30(24-15-11-9-12-16-24)44-38(52)58-39(3,4)5)20-43(53)35(56-36(50)25-17-13-10-14-18-25)33-41(8,34(49)31(47)29(22)40(43,6)7)27(46)19-28-42(33,21-54-28)57-23(2)45/h9-18,26-28,30-33,35,46-48,53H,19-21H2,1-8H3,(H,44,52)/t26?,27-,28+,30+,31+,32+,33-,35-,41+,42-,43+/m0/s1. The normalized spacial score (nSPS) is 33.7.